The van der Waals surface area contributed by atoms with Gasteiger partial charge < -0.3 is 4.74 Å². The van der Waals surface area contributed by atoms with Gasteiger partial charge in [-0.15, -0.1) is 0 Å². The first kappa shape index (κ1) is 17.2. The third-order valence-electron chi connectivity index (χ3n) is 6.76. The fourth-order valence-electron chi connectivity index (χ4n) is 5.52. The second kappa shape index (κ2) is 7.59. The molecule has 0 spiro atoms. The lowest BCUT2D eigenvalue weighted by Gasteiger charge is -2.47. The Bertz CT molecular complexity index is 812. The minimum atomic E-state index is 0.235. The van der Waals surface area contributed by atoms with Crippen molar-refractivity contribution in [3.05, 3.63) is 77.6 Å². The van der Waals surface area contributed by atoms with E-state index in [9.17, 15) is 0 Å². The molecule has 27 heavy (non-hydrogen) atoms. The molecular weight excluding hydrogens is 330 g/mol. The van der Waals surface area contributed by atoms with Gasteiger partial charge in [0.25, 0.3) is 0 Å². The molecule has 2 heterocycles. The van der Waals surface area contributed by atoms with E-state index in [1.165, 1.54) is 56.1 Å². The summed E-state index contributed by atoms with van der Waals surface area (Å²) in [5, 5.41) is 0. The molecule has 140 valence electrons. The Labute approximate surface area is 162 Å². The van der Waals surface area contributed by atoms with E-state index >= 15 is 0 Å². The van der Waals surface area contributed by atoms with Crippen LogP contribution in [0.15, 0.2) is 66.5 Å². The first-order valence-electron chi connectivity index (χ1n) is 10.8. The van der Waals surface area contributed by atoms with Gasteiger partial charge in [-0.25, -0.2) is 4.57 Å². The van der Waals surface area contributed by atoms with Crippen LogP contribution in [0.2, 0.25) is 0 Å². The molecule has 1 aliphatic heterocycles. The zero-order valence-electron chi connectivity index (χ0n) is 16.1. The van der Waals surface area contributed by atoms with Crippen LogP contribution in [0.25, 0.3) is 0 Å². The quantitative estimate of drug-likeness (QED) is 0.529. The molecule has 0 N–H and O–H groups in total. The molecule has 1 saturated carbocycles. The molecule has 0 unspecified atom stereocenters. The number of nitrogens with zero attached hydrogens (tertiary/aromatic N) is 1. The SMILES string of the molecule is C1=C2[C@@H](CCC1)[C@@H](c1ccc[n+](Cc3ccccc3)c1)O[C@H]1CCCC[C@@H]21. The number of aromatic nitrogens is 1. The van der Waals surface area contributed by atoms with Gasteiger partial charge in [0.05, 0.1) is 12.2 Å². The van der Waals surface area contributed by atoms with E-state index in [1.807, 2.05) is 0 Å². The molecule has 1 aromatic heterocycles. The summed E-state index contributed by atoms with van der Waals surface area (Å²) < 4.78 is 9.11. The molecule has 0 radical (unpaired) electrons. The number of pyridine rings is 1. The zero-order valence-corrected chi connectivity index (χ0v) is 16.1. The summed E-state index contributed by atoms with van der Waals surface area (Å²) in [7, 11) is 0. The van der Waals surface area contributed by atoms with Crippen molar-refractivity contribution in [3.63, 3.8) is 0 Å². The summed E-state index contributed by atoms with van der Waals surface area (Å²) in [6.07, 6.45) is 16.9. The molecule has 0 bridgehead atoms. The Morgan fingerprint density at radius 3 is 2.67 bits per heavy atom. The Morgan fingerprint density at radius 2 is 1.74 bits per heavy atom. The summed E-state index contributed by atoms with van der Waals surface area (Å²) in [5.74, 6) is 1.28. The average molecular weight is 361 g/mol. The van der Waals surface area contributed by atoms with Gasteiger partial charge in [0.1, 0.15) is 0 Å². The zero-order chi connectivity index (χ0) is 18.1. The number of allylic oxidation sites excluding steroid dienone is 1. The average Bonchev–Trinajstić information content (AvgIpc) is 2.74. The first-order chi connectivity index (χ1) is 13.4. The number of benzene rings is 1. The Morgan fingerprint density at radius 1 is 0.889 bits per heavy atom. The summed E-state index contributed by atoms with van der Waals surface area (Å²) in [5.41, 5.74) is 4.44. The summed E-state index contributed by atoms with van der Waals surface area (Å²) in [6.45, 7) is 0.917. The highest BCUT2D eigenvalue weighted by atomic mass is 16.5. The van der Waals surface area contributed by atoms with Crippen LogP contribution in [-0.2, 0) is 11.3 Å². The minimum Gasteiger partial charge on any atom is -0.369 e. The molecule has 2 fully saturated rings. The fraction of sp³-hybridized carbons (Fsp3) is 0.480. The molecule has 0 amide bonds. The van der Waals surface area contributed by atoms with Gasteiger partial charge in [0.15, 0.2) is 18.9 Å². The topological polar surface area (TPSA) is 13.1 Å². The number of fused-ring (bicyclic) bond motifs is 3. The predicted molar refractivity (Wildman–Crippen MR) is 107 cm³/mol. The van der Waals surface area contributed by atoms with Crippen LogP contribution in [0.5, 0.6) is 0 Å². The minimum absolute atomic E-state index is 0.235. The number of rotatable bonds is 3. The van der Waals surface area contributed by atoms with Crippen molar-refractivity contribution in [1.82, 2.24) is 0 Å². The summed E-state index contributed by atoms with van der Waals surface area (Å²) in [4.78, 5) is 0. The molecule has 2 aliphatic carbocycles. The highest BCUT2D eigenvalue weighted by Gasteiger charge is 2.44. The van der Waals surface area contributed by atoms with Crippen LogP contribution in [0, 0.1) is 11.8 Å². The van der Waals surface area contributed by atoms with Crippen LogP contribution < -0.4 is 4.57 Å². The van der Waals surface area contributed by atoms with Gasteiger partial charge in [-0.2, -0.15) is 0 Å². The van der Waals surface area contributed by atoms with Gasteiger partial charge in [-0.1, -0.05) is 54.8 Å². The van der Waals surface area contributed by atoms with Crippen LogP contribution in [0.1, 0.15) is 62.2 Å². The lowest BCUT2D eigenvalue weighted by molar-refractivity contribution is -0.689. The van der Waals surface area contributed by atoms with Crippen molar-refractivity contribution >= 4 is 0 Å². The van der Waals surface area contributed by atoms with E-state index < -0.39 is 0 Å². The van der Waals surface area contributed by atoms with E-state index in [1.54, 1.807) is 5.57 Å². The normalized spacial score (nSPS) is 30.1. The molecule has 3 aliphatic rings. The lowest BCUT2D eigenvalue weighted by Crippen LogP contribution is -2.42. The maximum absolute atomic E-state index is 6.80. The van der Waals surface area contributed by atoms with Crippen molar-refractivity contribution in [2.75, 3.05) is 0 Å². The van der Waals surface area contributed by atoms with E-state index in [2.05, 4.69) is 65.5 Å². The van der Waals surface area contributed by atoms with E-state index in [4.69, 9.17) is 4.74 Å². The molecule has 2 nitrogen and oxygen atoms in total. The number of hydrogen-bond donors (Lipinski definition) is 0. The van der Waals surface area contributed by atoms with Crippen molar-refractivity contribution in [2.45, 2.75) is 63.7 Å². The highest BCUT2D eigenvalue weighted by Crippen LogP contribution is 2.50. The Hall–Kier alpha value is -1.93. The van der Waals surface area contributed by atoms with Crippen LogP contribution in [0.3, 0.4) is 0 Å². The maximum atomic E-state index is 6.80. The van der Waals surface area contributed by atoms with Crippen LogP contribution in [-0.4, -0.2) is 6.10 Å². The molecule has 1 saturated heterocycles. The van der Waals surface area contributed by atoms with Gasteiger partial charge in [0.2, 0.25) is 0 Å². The smallest absolute Gasteiger partial charge is 0.174 e. The largest absolute Gasteiger partial charge is 0.369 e. The highest BCUT2D eigenvalue weighted by molar-refractivity contribution is 5.25. The maximum Gasteiger partial charge on any atom is 0.174 e. The third kappa shape index (κ3) is 3.48. The fourth-order valence-corrected chi connectivity index (χ4v) is 5.52. The van der Waals surface area contributed by atoms with Crippen LogP contribution >= 0.6 is 0 Å². The monoisotopic (exact) mass is 360 g/mol. The molecule has 5 rings (SSSR count). The Balaban J connectivity index is 1.44. The second-order valence-corrected chi connectivity index (χ2v) is 8.52. The van der Waals surface area contributed by atoms with Crippen molar-refractivity contribution in [1.29, 1.82) is 0 Å². The molecule has 4 atom stereocenters. The Kier molecular flexibility index (Phi) is 4.83. The molecule has 2 heteroatoms. The number of hydrogen-bond acceptors (Lipinski definition) is 1. The standard InChI is InChI=1S/C25H30NO/c1-2-9-19(10-3-1)17-26-16-8-11-20(18-26)25-23-14-5-4-12-21(23)22-13-6-7-15-24(22)27-25/h1-3,8-12,16,18,22-25H,4-7,13-15,17H2/q+1/t22-,23+,24-,25+/m0/s1. The number of ether oxygens (including phenoxy) is 1. The van der Waals surface area contributed by atoms with Gasteiger partial charge in [-0.3, -0.25) is 0 Å². The molecular formula is C25H30NO+. The van der Waals surface area contributed by atoms with Crippen molar-refractivity contribution in [2.24, 2.45) is 11.8 Å². The van der Waals surface area contributed by atoms with E-state index in [0.717, 1.165) is 6.54 Å². The van der Waals surface area contributed by atoms with E-state index in [-0.39, 0.29) is 6.10 Å². The third-order valence-corrected chi connectivity index (χ3v) is 6.76. The van der Waals surface area contributed by atoms with Crippen molar-refractivity contribution < 1.29 is 9.30 Å². The van der Waals surface area contributed by atoms with Gasteiger partial charge in [-0.05, 0) is 38.2 Å². The predicted octanol–water partition coefficient (Wildman–Crippen LogP) is 5.38. The lowest BCUT2D eigenvalue weighted by atomic mass is 9.68. The summed E-state index contributed by atoms with van der Waals surface area (Å²) in [6, 6.07) is 15.2. The van der Waals surface area contributed by atoms with Gasteiger partial charge in [0, 0.05) is 29.0 Å². The second-order valence-electron chi connectivity index (χ2n) is 8.52. The summed E-state index contributed by atoms with van der Waals surface area (Å²) >= 11 is 0. The van der Waals surface area contributed by atoms with E-state index in [0.29, 0.717) is 17.9 Å². The molecule has 1 aromatic carbocycles. The first-order valence-corrected chi connectivity index (χ1v) is 10.8. The molecule has 2 aromatic rings. The van der Waals surface area contributed by atoms with Crippen molar-refractivity contribution in [3.8, 4) is 0 Å². The van der Waals surface area contributed by atoms with Crippen LogP contribution in [0.4, 0.5) is 0 Å². The van der Waals surface area contributed by atoms with Gasteiger partial charge >= 0.3 is 0 Å².